The fraction of sp³-hybridized carbons (Fsp3) is 0.269. The van der Waals surface area contributed by atoms with Crippen LogP contribution in [0.25, 0.3) is 10.9 Å². The van der Waals surface area contributed by atoms with E-state index in [1.54, 1.807) is 14.2 Å². The van der Waals surface area contributed by atoms with E-state index in [-0.39, 0.29) is 0 Å². The van der Waals surface area contributed by atoms with Crippen LogP contribution in [0.5, 0.6) is 11.5 Å². The van der Waals surface area contributed by atoms with Crippen LogP contribution in [-0.2, 0) is 6.42 Å². The molecular weight excluding hydrogens is 450 g/mol. The third-order valence-electron chi connectivity index (χ3n) is 6.08. The Morgan fingerprint density at radius 3 is 2.26 bits per heavy atom. The zero-order chi connectivity index (χ0) is 23.5. The number of piperazine rings is 1. The Hall–Kier alpha value is -3.58. The molecule has 0 saturated carbocycles. The molecule has 1 aliphatic rings. The molecule has 1 fully saturated rings. The van der Waals surface area contributed by atoms with Gasteiger partial charge in [0.2, 0.25) is 5.95 Å². The normalized spacial score (nSPS) is 13.9. The molecule has 0 spiro atoms. The van der Waals surface area contributed by atoms with Crippen molar-refractivity contribution in [1.82, 2.24) is 15.0 Å². The smallest absolute Gasteiger partial charge is 0.225 e. The van der Waals surface area contributed by atoms with Crippen molar-refractivity contribution in [2.45, 2.75) is 6.42 Å². The van der Waals surface area contributed by atoms with Crippen molar-refractivity contribution in [2.75, 3.05) is 50.2 Å². The van der Waals surface area contributed by atoms with Gasteiger partial charge in [0.15, 0.2) is 0 Å². The molecule has 0 bridgehead atoms. The second kappa shape index (κ2) is 9.73. The maximum Gasteiger partial charge on any atom is 0.225 e. The van der Waals surface area contributed by atoms with E-state index in [1.165, 1.54) is 5.69 Å². The molecule has 7 nitrogen and oxygen atoms in total. The van der Waals surface area contributed by atoms with Gasteiger partial charge in [-0.25, -0.2) is 9.97 Å². The first-order chi connectivity index (χ1) is 16.6. The van der Waals surface area contributed by atoms with Crippen molar-refractivity contribution in [3.63, 3.8) is 0 Å². The summed E-state index contributed by atoms with van der Waals surface area (Å²) in [6.45, 7) is 3.44. The van der Waals surface area contributed by atoms with Crippen molar-refractivity contribution in [3.05, 3.63) is 77.2 Å². The third-order valence-corrected chi connectivity index (χ3v) is 6.32. The van der Waals surface area contributed by atoms with E-state index in [4.69, 9.17) is 26.1 Å². The number of rotatable bonds is 6. The number of ether oxygens (including phenoxy) is 2. The van der Waals surface area contributed by atoms with Gasteiger partial charge in [0, 0.05) is 67.2 Å². The number of benzene rings is 2. The molecule has 1 saturated heterocycles. The summed E-state index contributed by atoms with van der Waals surface area (Å²) >= 11 is 6.15. The van der Waals surface area contributed by atoms with E-state index in [0.717, 1.165) is 65.8 Å². The molecule has 8 heteroatoms. The topological polar surface area (TPSA) is 63.6 Å². The molecule has 174 valence electrons. The number of fused-ring (bicyclic) bond motifs is 1. The van der Waals surface area contributed by atoms with Crippen molar-refractivity contribution in [2.24, 2.45) is 0 Å². The molecule has 0 atom stereocenters. The van der Waals surface area contributed by atoms with E-state index < -0.39 is 0 Å². The van der Waals surface area contributed by atoms with Crippen LogP contribution < -0.4 is 19.3 Å². The molecule has 34 heavy (non-hydrogen) atoms. The number of aromatic nitrogens is 3. The molecule has 5 rings (SSSR count). The van der Waals surface area contributed by atoms with Gasteiger partial charge in [0.05, 0.1) is 25.4 Å². The lowest BCUT2D eigenvalue weighted by atomic mass is 10.1. The minimum Gasteiger partial charge on any atom is -0.497 e. The van der Waals surface area contributed by atoms with Crippen molar-refractivity contribution in [1.29, 1.82) is 0 Å². The van der Waals surface area contributed by atoms with Gasteiger partial charge >= 0.3 is 0 Å². The van der Waals surface area contributed by atoms with Gasteiger partial charge in [-0.05, 0) is 48.0 Å². The zero-order valence-corrected chi connectivity index (χ0v) is 20.0. The zero-order valence-electron chi connectivity index (χ0n) is 19.2. The van der Waals surface area contributed by atoms with Crippen LogP contribution in [0, 0.1) is 0 Å². The summed E-state index contributed by atoms with van der Waals surface area (Å²) in [5, 5.41) is 1.82. The van der Waals surface area contributed by atoms with Gasteiger partial charge in [0.1, 0.15) is 11.5 Å². The fourth-order valence-corrected chi connectivity index (χ4v) is 4.51. The van der Waals surface area contributed by atoms with Gasteiger partial charge in [-0.1, -0.05) is 11.6 Å². The molecule has 2 aromatic carbocycles. The molecular formula is C26H26ClN5O2. The van der Waals surface area contributed by atoms with Crippen molar-refractivity contribution < 1.29 is 9.47 Å². The number of nitrogens with zero attached hydrogens (tertiary/aromatic N) is 5. The van der Waals surface area contributed by atoms with Gasteiger partial charge in [-0.15, -0.1) is 0 Å². The van der Waals surface area contributed by atoms with E-state index >= 15 is 0 Å². The fourth-order valence-electron chi connectivity index (χ4n) is 4.34. The Labute approximate surface area is 203 Å². The highest BCUT2D eigenvalue weighted by Gasteiger charge is 2.21. The van der Waals surface area contributed by atoms with Crippen LogP contribution in [0.3, 0.4) is 0 Å². The predicted octanol–water partition coefficient (Wildman–Crippen LogP) is 4.61. The van der Waals surface area contributed by atoms with Gasteiger partial charge in [0.25, 0.3) is 0 Å². The molecule has 0 radical (unpaired) electrons. The second-order valence-electron chi connectivity index (χ2n) is 8.21. The highest BCUT2D eigenvalue weighted by molar-refractivity contribution is 6.31. The number of halogens is 1. The highest BCUT2D eigenvalue weighted by atomic mass is 35.5. The first-order valence-corrected chi connectivity index (χ1v) is 11.6. The largest absolute Gasteiger partial charge is 0.497 e. The Balaban J connectivity index is 1.30. The van der Waals surface area contributed by atoms with E-state index in [0.29, 0.717) is 11.4 Å². The molecule has 4 aromatic rings. The van der Waals surface area contributed by atoms with Crippen molar-refractivity contribution >= 4 is 34.1 Å². The quantitative estimate of drug-likeness (QED) is 0.403. The summed E-state index contributed by atoms with van der Waals surface area (Å²) in [7, 11) is 3.32. The lowest BCUT2D eigenvalue weighted by molar-refractivity contribution is 0.393. The van der Waals surface area contributed by atoms with E-state index in [1.807, 2.05) is 54.9 Å². The Morgan fingerprint density at radius 2 is 1.53 bits per heavy atom. The minimum absolute atomic E-state index is 0.675. The van der Waals surface area contributed by atoms with Crippen LogP contribution in [0.4, 0.5) is 11.6 Å². The van der Waals surface area contributed by atoms with Crippen LogP contribution in [0.2, 0.25) is 5.02 Å². The maximum absolute atomic E-state index is 6.15. The van der Waals surface area contributed by atoms with E-state index in [9.17, 15) is 0 Å². The highest BCUT2D eigenvalue weighted by Crippen LogP contribution is 2.29. The summed E-state index contributed by atoms with van der Waals surface area (Å²) < 4.78 is 10.8. The summed E-state index contributed by atoms with van der Waals surface area (Å²) in [6.07, 6.45) is 4.36. The Kier molecular flexibility index (Phi) is 6.36. The molecule has 1 aliphatic heterocycles. The molecule has 0 aliphatic carbocycles. The number of hydrogen-bond acceptors (Lipinski definition) is 7. The van der Waals surface area contributed by atoms with Crippen molar-refractivity contribution in [3.8, 4) is 11.5 Å². The summed E-state index contributed by atoms with van der Waals surface area (Å²) in [5.74, 6) is 2.30. The minimum atomic E-state index is 0.675. The van der Waals surface area contributed by atoms with Gasteiger partial charge < -0.3 is 19.3 Å². The molecule has 0 unspecified atom stereocenters. The summed E-state index contributed by atoms with van der Waals surface area (Å²) in [5.41, 5.74) is 4.13. The lowest BCUT2D eigenvalue weighted by Crippen LogP contribution is -2.47. The van der Waals surface area contributed by atoms with Crippen LogP contribution in [0.15, 0.2) is 60.9 Å². The van der Waals surface area contributed by atoms with Gasteiger partial charge in [-0.2, -0.15) is 0 Å². The average molecular weight is 476 g/mol. The SMILES string of the molecule is COc1cc(Cc2ccnc(N3CCN(c4ccnc5cc(Cl)ccc45)CC3)n2)cc(OC)c1. The summed E-state index contributed by atoms with van der Waals surface area (Å²) in [6, 6.07) is 15.8. The molecule has 2 aromatic heterocycles. The summed E-state index contributed by atoms with van der Waals surface area (Å²) in [4.78, 5) is 18.5. The standard InChI is InChI=1S/C26H26ClN5O2/c1-33-21-14-18(15-22(17-21)34-2)13-20-5-7-29-26(30-20)32-11-9-31(10-12-32)25-6-8-28-24-16-19(27)3-4-23(24)25/h3-8,14-17H,9-13H2,1-2H3. The Morgan fingerprint density at radius 1 is 0.824 bits per heavy atom. The number of methoxy groups -OCH3 is 2. The molecule has 0 N–H and O–H groups in total. The molecule has 3 heterocycles. The first kappa shape index (κ1) is 22.2. The second-order valence-corrected chi connectivity index (χ2v) is 8.65. The van der Waals surface area contributed by atoms with Gasteiger partial charge in [-0.3, -0.25) is 4.98 Å². The Bertz CT molecular complexity index is 1290. The van der Waals surface area contributed by atoms with Crippen LogP contribution in [0.1, 0.15) is 11.3 Å². The maximum atomic E-state index is 6.15. The monoisotopic (exact) mass is 475 g/mol. The van der Waals surface area contributed by atoms with Crippen LogP contribution in [-0.4, -0.2) is 55.4 Å². The van der Waals surface area contributed by atoms with Crippen LogP contribution >= 0.6 is 11.6 Å². The predicted molar refractivity (Wildman–Crippen MR) is 136 cm³/mol. The third kappa shape index (κ3) is 4.70. The van der Waals surface area contributed by atoms with E-state index in [2.05, 4.69) is 25.8 Å². The molecule has 0 amide bonds. The lowest BCUT2D eigenvalue weighted by Gasteiger charge is -2.36. The number of pyridine rings is 1. The average Bonchev–Trinajstić information content (AvgIpc) is 2.88. The number of anilines is 2. The number of hydrogen-bond donors (Lipinski definition) is 0. The first-order valence-electron chi connectivity index (χ1n) is 11.2.